The maximum atomic E-state index is 13.2. The minimum Gasteiger partial charge on any atom is -0.467 e. The van der Waals surface area contributed by atoms with Crippen LogP contribution in [0.25, 0.3) is 6.08 Å². The van der Waals surface area contributed by atoms with Crippen LogP contribution >= 0.6 is 0 Å². The number of alkyl halides is 3. The molecule has 2 aromatic heterocycles. The number of H-pyrrole nitrogens is 1. The standard InChI is InChI=1S/C24H30F3N7O4/c1-15(30-17-13-29-32-20(36)19(17)24(25,26)27)14-37-11-5-18(35)33-7-9-34(10-8-33)22-28-12-16-4-6-23(2,3)38-21(16)31-22/h4,6,12-13,15H,5,7-11,14H2,1-3H3,(H2,30,32,36). The van der Waals surface area contributed by atoms with Gasteiger partial charge >= 0.3 is 6.18 Å². The van der Waals surface area contributed by atoms with Gasteiger partial charge in [0, 0.05) is 38.4 Å². The Balaban J connectivity index is 1.20. The van der Waals surface area contributed by atoms with Crippen molar-refractivity contribution in [2.24, 2.45) is 0 Å². The summed E-state index contributed by atoms with van der Waals surface area (Å²) >= 11 is 0. The Morgan fingerprint density at radius 1 is 1.26 bits per heavy atom. The van der Waals surface area contributed by atoms with Gasteiger partial charge in [-0.15, -0.1) is 0 Å². The summed E-state index contributed by atoms with van der Waals surface area (Å²) in [4.78, 5) is 36.9. The molecule has 206 valence electrons. The number of nitrogens with one attached hydrogen (secondary N) is 2. The van der Waals surface area contributed by atoms with Crippen LogP contribution in [0.1, 0.15) is 38.3 Å². The number of rotatable bonds is 8. The van der Waals surface area contributed by atoms with Crippen molar-refractivity contribution in [2.75, 3.05) is 49.6 Å². The number of piperazine rings is 1. The number of hydrogen-bond donors (Lipinski definition) is 2. The minimum absolute atomic E-state index is 0.0366. The molecule has 2 aliphatic heterocycles. The van der Waals surface area contributed by atoms with E-state index in [0.29, 0.717) is 38.0 Å². The van der Waals surface area contributed by atoms with Gasteiger partial charge in [0.1, 0.15) is 11.2 Å². The molecule has 2 aromatic rings. The number of carbonyl (C=O) groups excluding carboxylic acids is 1. The zero-order chi connectivity index (χ0) is 27.5. The molecular formula is C24H30F3N7O4. The second-order valence-corrected chi connectivity index (χ2v) is 9.69. The highest BCUT2D eigenvalue weighted by molar-refractivity contribution is 5.76. The van der Waals surface area contributed by atoms with E-state index in [1.165, 1.54) is 0 Å². The van der Waals surface area contributed by atoms with E-state index >= 15 is 0 Å². The SMILES string of the molecule is CC(COCCC(=O)N1CCN(c2ncc3c(n2)OC(C)(C)C=C3)CC1)Nc1cn[nH]c(=O)c1C(F)(F)F. The summed E-state index contributed by atoms with van der Waals surface area (Å²) in [5, 5.41) is 7.81. The van der Waals surface area contributed by atoms with Crippen molar-refractivity contribution in [3.05, 3.63) is 40.0 Å². The van der Waals surface area contributed by atoms with E-state index in [1.54, 1.807) is 23.1 Å². The first-order valence-corrected chi connectivity index (χ1v) is 12.2. The molecule has 1 saturated heterocycles. The first-order valence-electron chi connectivity index (χ1n) is 12.2. The number of fused-ring (bicyclic) bond motifs is 1. The molecule has 0 aromatic carbocycles. The topological polar surface area (TPSA) is 126 Å². The van der Waals surface area contributed by atoms with Gasteiger partial charge in [-0.3, -0.25) is 9.59 Å². The summed E-state index contributed by atoms with van der Waals surface area (Å²) in [6.07, 6.45) is 1.84. The molecule has 14 heteroatoms. The fourth-order valence-corrected chi connectivity index (χ4v) is 4.12. The molecule has 4 rings (SSSR count). The molecule has 0 radical (unpaired) electrons. The minimum atomic E-state index is -4.83. The zero-order valence-electron chi connectivity index (χ0n) is 21.3. The van der Waals surface area contributed by atoms with Crippen molar-refractivity contribution in [1.82, 2.24) is 25.1 Å². The first kappa shape index (κ1) is 27.4. The van der Waals surface area contributed by atoms with Gasteiger partial charge in [0.25, 0.3) is 5.56 Å². The molecular weight excluding hydrogens is 507 g/mol. The van der Waals surface area contributed by atoms with Gasteiger partial charge in [-0.2, -0.15) is 23.3 Å². The number of anilines is 2. The van der Waals surface area contributed by atoms with Crippen molar-refractivity contribution in [1.29, 1.82) is 0 Å². The molecule has 2 aliphatic rings. The van der Waals surface area contributed by atoms with E-state index in [1.807, 2.05) is 30.9 Å². The van der Waals surface area contributed by atoms with Crippen LogP contribution in [0, 0.1) is 0 Å². The van der Waals surface area contributed by atoms with Crippen LogP contribution in [-0.2, 0) is 15.7 Å². The maximum Gasteiger partial charge on any atom is 0.423 e. The van der Waals surface area contributed by atoms with Gasteiger partial charge in [-0.25, -0.2) is 10.1 Å². The summed E-state index contributed by atoms with van der Waals surface area (Å²) in [6.45, 7) is 7.79. The third-order valence-corrected chi connectivity index (χ3v) is 6.08. The molecule has 1 unspecified atom stereocenters. The number of nitrogens with zero attached hydrogens (tertiary/aromatic N) is 5. The van der Waals surface area contributed by atoms with E-state index in [0.717, 1.165) is 11.8 Å². The molecule has 0 saturated carbocycles. The highest BCUT2D eigenvalue weighted by Gasteiger charge is 2.37. The molecule has 0 bridgehead atoms. The average molecular weight is 538 g/mol. The Kier molecular flexibility index (Phi) is 7.90. The van der Waals surface area contributed by atoms with Crippen LogP contribution in [0.15, 0.2) is 23.3 Å². The molecule has 4 heterocycles. The van der Waals surface area contributed by atoms with E-state index in [4.69, 9.17) is 9.47 Å². The average Bonchev–Trinajstić information content (AvgIpc) is 2.85. The Morgan fingerprint density at radius 3 is 2.71 bits per heavy atom. The van der Waals surface area contributed by atoms with Crippen molar-refractivity contribution in [3.63, 3.8) is 0 Å². The third-order valence-electron chi connectivity index (χ3n) is 6.08. The predicted molar refractivity (Wildman–Crippen MR) is 133 cm³/mol. The number of hydrogen-bond acceptors (Lipinski definition) is 9. The van der Waals surface area contributed by atoms with Crippen molar-refractivity contribution in [3.8, 4) is 5.88 Å². The molecule has 0 aliphatic carbocycles. The van der Waals surface area contributed by atoms with E-state index in [-0.39, 0.29) is 25.5 Å². The Hall–Kier alpha value is -3.68. The summed E-state index contributed by atoms with van der Waals surface area (Å²) in [6, 6.07) is -0.556. The second-order valence-electron chi connectivity index (χ2n) is 9.69. The lowest BCUT2D eigenvalue weighted by molar-refractivity contribution is -0.138. The highest BCUT2D eigenvalue weighted by Crippen LogP contribution is 2.32. The number of aromatic amines is 1. The van der Waals surface area contributed by atoms with Crippen molar-refractivity contribution in [2.45, 2.75) is 45.0 Å². The third kappa shape index (κ3) is 6.60. The molecule has 1 atom stereocenters. The number of halogens is 3. The summed E-state index contributed by atoms with van der Waals surface area (Å²) in [7, 11) is 0. The largest absolute Gasteiger partial charge is 0.467 e. The van der Waals surface area contributed by atoms with E-state index in [9.17, 15) is 22.8 Å². The van der Waals surface area contributed by atoms with E-state index < -0.39 is 34.6 Å². The Morgan fingerprint density at radius 2 is 2.00 bits per heavy atom. The number of carbonyl (C=O) groups is 1. The first-order chi connectivity index (χ1) is 17.9. The van der Waals surface area contributed by atoms with Crippen LogP contribution in [0.5, 0.6) is 5.88 Å². The fourth-order valence-electron chi connectivity index (χ4n) is 4.12. The summed E-state index contributed by atoms with van der Waals surface area (Å²) < 4.78 is 50.9. The van der Waals surface area contributed by atoms with Crippen LogP contribution in [0.4, 0.5) is 24.8 Å². The van der Waals surface area contributed by atoms with Gasteiger partial charge in [-0.05, 0) is 32.9 Å². The van der Waals surface area contributed by atoms with Crippen LogP contribution in [-0.4, -0.2) is 82.0 Å². The smallest absolute Gasteiger partial charge is 0.423 e. The van der Waals surface area contributed by atoms with E-state index in [2.05, 4.69) is 20.4 Å². The summed E-state index contributed by atoms with van der Waals surface area (Å²) in [5.41, 5.74) is -2.72. The second kappa shape index (κ2) is 11.0. The Labute approximate surface area is 217 Å². The normalized spacial score (nSPS) is 17.5. The molecule has 0 spiro atoms. The van der Waals surface area contributed by atoms with Crippen LogP contribution in [0.3, 0.4) is 0 Å². The lowest BCUT2D eigenvalue weighted by Crippen LogP contribution is -2.49. The van der Waals surface area contributed by atoms with Gasteiger partial charge in [0.2, 0.25) is 17.7 Å². The van der Waals surface area contributed by atoms with Crippen molar-refractivity contribution < 1.29 is 27.4 Å². The Bertz CT molecular complexity index is 1240. The van der Waals surface area contributed by atoms with Gasteiger partial charge in [-0.1, -0.05) is 0 Å². The monoisotopic (exact) mass is 537 g/mol. The molecule has 2 N–H and O–H groups in total. The number of aromatic nitrogens is 4. The lowest BCUT2D eigenvalue weighted by atomic mass is 10.1. The molecule has 11 nitrogen and oxygen atoms in total. The van der Waals surface area contributed by atoms with Crippen molar-refractivity contribution >= 4 is 23.6 Å². The fraction of sp³-hybridized carbons (Fsp3) is 0.542. The van der Waals surface area contributed by atoms with Crippen LogP contribution < -0.4 is 20.5 Å². The highest BCUT2D eigenvalue weighted by atomic mass is 19.4. The molecule has 1 amide bonds. The maximum absolute atomic E-state index is 13.2. The number of ether oxygens (including phenoxy) is 2. The predicted octanol–water partition coefficient (Wildman–Crippen LogP) is 2.32. The molecule has 38 heavy (non-hydrogen) atoms. The van der Waals surface area contributed by atoms with Crippen LogP contribution in [0.2, 0.25) is 0 Å². The van der Waals surface area contributed by atoms with Gasteiger partial charge < -0.3 is 24.6 Å². The van der Waals surface area contributed by atoms with Gasteiger partial charge in [0.05, 0.1) is 37.1 Å². The quantitative estimate of drug-likeness (QED) is 0.488. The molecule has 1 fully saturated rings. The zero-order valence-corrected chi connectivity index (χ0v) is 21.3. The number of amides is 1. The summed E-state index contributed by atoms with van der Waals surface area (Å²) in [5.74, 6) is 1.01. The van der Waals surface area contributed by atoms with Gasteiger partial charge in [0.15, 0.2) is 0 Å². The lowest BCUT2D eigenvalue weighted by Gasteiger charge is -2.35.